The smallest absolute Gasteiger partial charge is 0.337 e. The molecule has 0 spiro atoms. The molecule has 0 aromatic heterocycles. The van der Waals surface area contributed by atoms with Crippen LogP contribution >= 0.6 is 11.6 Å². The fraction of sp³-hybridized carbons (Fsp3) is 0. The first-order chi connectivity index (χ1) is 7.00. The van der Waals surface area contributed by atoms with E-state index in [1.165, 1.54) is 18.2 Å². The molecule has 0 radical (unpaired) electrons. The maximum atomic E-state index is 10.8. The number of aromatic carboxylic acids is 1. The van der Waals surface area contributed by atoms with Gasteiger partial charge in [0.15, 0.2) is 0 Å². The zero-order valence-electron chi connectivity index (χ0n) is 7.45. The van der Waals surface area contributed by atoms with Crippen LogP contribution in [0.5, 0.6) is 0 Å². The van der Waals surface area contributed by atoms with Crippen LogP contribution in [0.1, 0.15) is 15.9 Å². The van der Waals surface area contributed by atoms with Gasteiger partial charge in [0, 0.05) is 16.5 Å². The maximum Gasteiger partial charge on any atom is 0.337 e. The molecule has 4 nitrogen and oxygen atoms in total. The molecule has 0 aliphatic heterocycles. The van der Waals surface area contributed by atoms with Crippen molar-refractivity contribution < 1.29 is 14.7 Å². The predicted octanol–water partition coefficient (Wildman–Crippen LogP) is 0.875. The van der Waals surface area contributed by atoms with Gasteiger partial charge in [-0.05, 0) is 18.2 Å². The summed E-state index contributed by atoms with van der Waals surface area (Å²) in [4.78, 5) is 21.2. The predicted molar refractivity (Wildman–Crippen MR) is 54.5 cm³/mol. The van der Waals surface area contributed by atoms with Gasteiger partial charge in [-0.3, -0.25) is 4.79 Å². The molecule has 5 heteroatoms. The van der Waals surface area contributed by atoms with Crippen molar-refractivity contribution in [3.05, 3.63) is 34.3 Å². The second-order valence-corrected chi connectivity index (χ2v) is 3.05. The molecule has 1 aromatic rings. The summed E-state index contributed by atoms with van der Waals surface area (Å²) in [7, 11) is 0. The summed E-state index contributed by atoms with van der Waals surface area (Å²) in [5.74, 6) is 2.44. The van der Waals surface area contributed by atoms with E-state index in [9.17, 15) is 9.59 Å². The Labute approximate surface area is 90.7 Å². The summed E-state index contributed by atoms with van der Waals surface area (Å²) >= 11 is 5.62. The summed E-state index contributed by atoms with van der Waals surface area (Å²) in [6.45, 7) is 0. The zero-order valence-corrected chi connectivity index (χ0v) is 8.21. The number of primary amides is 1. The SMILES string of the molecule is NC(=O)C#Cc1ccc(Cl)cc1C(=O)O. The molecule has 15 heavy (non-hydrogen) atoms. The minimum absolute atomic E-state index is 0.0590. The number of carbonyl (C=O) groups excluding carboxylic acids is 1. The Balaban J connectivity index is 3.25. The van der Waals surface area contributed by atoms with Gasteiger partial charge in [0.05, 0.1) is 5.56 Å². The number of carboxylic acids is 1. The Morgan fingerprint density at radius 1 is 1.40 bits per heavy atom. The summed E-state index contributed by atoms with van der Waals surface area (Å²) in [5.41, 5.74) is 4.95. The molecular formula is C10H6ClNO3. The van der Waals surface area contributed by atoms with Crippen molar-refractivity contribution in [2.24, 2.45) is 5.73 Å². The van der Waals surface area contributed by atoms with Gasteiger partial charge in [-0.15, -0.1) is 0 Å². The van der Waals surface area contributed by atoms with E-state index in [1.54, 1.807) is 0 Å². The topological polar surface area (TPSA) is 80.4 Å². The molecule has 0 heterocycles. The van der Waals surface area contributed by atoms with Crippen LogP contribution < -0.4 is 5.73 Å². The van der Waals surface area contributed by atoms with Crippen LogP contribution in [0, 0.1) is 11.8 Å². The molecular weight excluding hydrogens is 218 g/mol. The van der Waals surface area contributed by atoms with Gasteiger partial charge in [0.2, 0.25) is 0 Å². The Hall–Kier alpha value is -1.99. The monoisotopic (exact) mass is 223 g/mol. The molecule has 1 rings (SSSR count). The summed E-state index contributed by atoms with van der Waals surface area (Å²) < 4.78 is 0. The second kappa shape index (κ2) is 4.49. The number of benzene rings is 1. The highest BCUT2D eigenvalue weighted by Crippen LogP contribution is 2.15. The number of carbonyl (C=O) groups is 2. The standard InChI is InChI=1S/C10H6ClNO3/c11-7-3-1-6(2-4-9(12)13)8(5-7)10(14)15/h1,3,5H,(H2,12,13)(H,14,15). The highest BCUT2D eigenvalue weighted by Gasteiger charge is 2.08. The van der Waals surface area contributed by atoms with E-state index in [2.05, 4.69) is 11.8 Å². The molecule has 0 bridgehead atoms. The second-order valence-electron chi connectivity index (χ2n) is 2.61. The van der Waals surface area contributed by atoms with Gasteiger partial charge in [-0.1, -0.05) is 17.5 Å². The fourth-order valence-corrected chi connectivity index (χ4v) is 1.10. The minimum atomic E-state index is -1.16. The van der Waals surface area contributed by atoms with Gasteiger partial charge in [-0.2, -0.15) is 0 Å². The van der Waals surface area contributed by atoms with E-state index < -0.39 is 11.9 Å². The molecule has 3 N–H and O–H groups in total. The van der Waals surface area contributed by atoms with Gasteiger partial charge < -0.3 is 10.8 Å². The normalized spacial score (nSPS) is 8.87. The fourth-order valence-electron chi connectivity index (χ4n) is 0.931. The number of hydrogen-bond acceptors (Lipinski definition) is 2. The first-order valence-electron chi connectivity index (χ1n) is 3.85. The third-order valence-electron chi connectivity index (χ3n) is 1.53. The van der Waals surface area contributed by atoms with E-state index >= 15 is 0 Å². The number of hydrogen-bond donors (Lipinski definition) is 2. The lowest BCUT2D eigenvalue weighted by atomic mass is 10.1. The molecule has 0 saturated heterocycles. The lowest BCUT2D eigenvalue weighted by Gasteiger charge is -1.98. The molecule has 0 fully saturated rings. The van der Waals surface area contributed by atoms with Crippen molar-refractivity contribution in [3.8, 4) is 11.8 Å². The highest BCUT2D eigenvalue weighted by atomic mass is 35.5. The summed E-state index contributed by atoms with van der Waals surface area (Å²) in [6, 6.07) is 4.16. The van der Waals surface area contributed by atoms with Crippen LogP contribution in [0.2, 0.25) is 5.02 Å². The van der Waals surface area contributed by atoms with Crippen LogP contribution in [0.25, 0.3) is 0 Å². The maximum absolute atomic E-state index is 10.8. The number of rotatable bonds is 1. The molecule has 76 valence electrons. The van der Waals surface area contributed by atoms with E-state index in [4.69, 9.17) is 22.4 Å². The van der Waals surface area contributed by atoms with Gasteiger partial charge >= 0.3 is 5.97 Å². The zero-order chi connectivity index (χ0) is 11.4. The average Bonchev–Trinajstić information content (AvgIpc) is 2.15. The highest BCUT2D eigenvalue weighted by molar-refractivity contribution is 6.31. The van der Waals surface area contributed by atoms with Gasteiger partial charge in [0.1, 0.15) is 0 Å². The van der Waals surface area contributed by atoms with Crippen LogP contribution in [0.4, 0.5) is 0 Å². The van der Waals surface area contributed by atoms with Crippen LogP contribution in [-0.2, 0) is 4.79 Å². The van der Waals surface area contributed by atoms with Gasteiger partial charge in [-0.25, -0.2) is 4.79 Å². The van der Waals surface area contributed by atoms with Crippen LogP contribution in [0.3, 0.4) is 0 Å². The first kappa shape index (κ1) is 11.1. The molecule has 0 aliphatic rings. The molecule has 0 saturated carbocycles. The van der Waals surface area contributed by atoms with Crippen molar-refractivity contribution >= 4 is 23.5 Å². The lowest BCUT2D eigenvalue weighted by molar-refractivity contribution is -0.112. The molecule has 0 atom stereocenters. The van der Waals surface area contributed by atoms with E-state index in [1.807, 2.05) is 0 Å². The van der Waals surface area contributed by atoms with Crippen LogP contribution in [0.15, 0.2) is 18.2 Å². The lowest BCUT2D eigenvalue weighted by Crippen LogP contribution is -2.07. The molecule has 1 aromatic carbocycles. The Morgan fingerprint density at radius 3 is 2.60 bits per heavy atom. The van der Waals surface area contributed by atoms with Crippen LogP contribution in [-0.4, -0.2) is 17.0 Å². The Kier molecular flexibility index (Phi) is 3.32. The van der Waals surface area contributed by atoms with Crippen molar-refractivity contribution in [3.63, 3.8) is 0 Å². The van der Waals surface area contributed by atoms with E-state index in [-0.39, 0.29) is 16.1 Å². The number of amides is 1. The van der Waals surface area contributed by atoms with Crippen molar-refractivity contribution in [2.75, 3.05) is 0 Å². The van der Waals surface area contributed by atoms with Gasteiger partial charge in [0.25, 0.3) is 5.91 Å². The summed E-state index contributed by atoms with van der Waals surface area (Å²) in [5, 5.41) is 9.10. The molecule has 0 aliphatic carbocycles. The first-order valence-corrected chi connectivity index (χ1v) is 4.23. The average molecular weight is 224 g/mol. The Morgan fingerprint density at radius 2 is 2.07 bits per heavy atom. The largest absolute Gasteiger partial charge is 0.478 e. The van der Waals surface area contributed by atoms with Crippen molar-refractivity contribution in [2.45, 2.75) is 0 Å². The van der Waals surface area contributed by atoms with E-state index in [0.717, 1.165) is 0 Å². The van der Waals surface area contributed by atoms with E-state index in [0.29, 0.717) is 0 Å². The number of carboxylic acid groups (broad SMARTS) is 1. The molecule has 0 unspecified atom stereocenters. The minimum Gasteiger partial charge on any atom is -0.478 e. The number of halogens is 1. The summed E-state index contributed by atoms with van der Waals surface area (Å²) in [6.07, 6.45) is 0. The van der Waals surface area contributed by atoms with Crippen molar-refractivity contribution in [1.82, 2.24) is 0 Å². The Bertz CT molecular complexity index is 485. The molecule has 1 amide bonds. The van der Waals surface area contributed by atoms with Crippen molar-refractivity contribution in [1.29, 1.82) is 0 Å². The third-order valence-corrected chi connectivity index (χ3v) is 1.77. The quantitative estimate of drug-likeness (QED) is 0.694. The third kappa shape index (κ3) is 3.01. The number of nitrogens with two attached hydrogens (primary N) is 1.